The molecular weight excluding hydrogens is 240 g/mol. The number of nitrogens with zero attached hydrogens (tertiary/aromatic N) is 1. The Kier molecular flexibility index (Phi) is 7.15. The Morgan fingerprint density at radius 1 is 1.37 bits per heavy atom. The summed E-state index contributed by atoms with van der Waals surface area (Å²) < 4.78 is 5.07. The molecule has 0 aliphatic heterocycles. The van der Waals surface area contributed by atoms with Gasteiger partial charge in [-0.1, -0.05) is 37.3 Å². The fraction of sp³-hybridized carbons (Fsp3) is 0.533. The van der Waals surface area contributed by atoms with E-state index in [2.05, 4.69) is 0 Å². The van der Waals surface area contributed by atoms with Gasteiger partial charge in [-0.3, -0.25) is 4.79 Å². The minimum absolute atomic E-state index is 0.138. The Bertz CT molecular complexity index is 368. The third kappa shape index (κ3) is 5.85. The Morgan fingerprint density at radius 3 is 2.63 bits per heavy atom. The van der Waals surface area contributed by atoms with Crippen LogP contribution in [0.3, 0.4) is 0 Å². The highest BCUT2D eigenvalue weighted by molar-refractivity contribution is 5.76. The summed E-state index contributed by atoms with van der Waals surface area (Å²) in [5, 5.41) is 0. The molecule has 0 aliphatic rings. The van der Waals surface area contributed by atoms with E-state index in [9.17, 15) is 4.79 Å². The van der Waals surface area contributed by atoms with E-state index in [1.54, 1.807) is 7.11 Å². The van der Waals surface area contributed by atoms with E-state index in [1.165, 1.54) is 0 Å². The number of rotatable bonds is 8. The van der Waals surface area contributed by atoms with E-state index in [-0.39, 0.29) is 11.8 Å². The predicted octanol–water partition coefficient (Wildman–Crippen LogP) is 1.65. The Morgan fingerprint density at radius 2 is 2.05 bits per heavy atom. The van der Waals surface area contributed by atoms with Gasteiger partial charge in [0, 0.05) is 39.8 Å². The van der Waals surface area contributed by atoms with E-state index in [4.69, 9.17) is 10.5 Å². The van der Waals surface area contributed by atoms with Crippen LogP contribution in [-0.2, 0) is 16.1 Å². The highest BCUT2D eigenvalue weighted by Gasteiger charge is 2.16. The van der Waals surface area contributed by atoms with Crippen molar-refractivity contribution in [2.45, 2.75) is 19.9 Å². The van der Waals surface area contributed by atoms with Crippen LogP contribution in [0.5, 0.6) is 0 Å². The van der Waals surface area contributed by atoms with Crippen LogP contribution < -0.4 is 5.73 Å². The minimum Gasteiger partial charge on any atom is -0.384 e. The van der Waals surface area contributed by atoms with Crippen molar-refractivity contribution in [3.05, 3.63) is 35.9 Å². The zero-order chi connectivity index (χ0) is 14.1. The number of ether oxygens (including phenoxy) is 1. The largest absolute Gasteiger partial charge is 0.384 e. The first-order chi connectivity index (χ1) is 9.17. The SMILES string of the molecule is COCC(C)CC(=O)N(CCN)Cc1ccccc1. The lowest BCUT2D eigenvalue weighted by molar-refractivity contribution is -0.133. The third-order valence-electron chi connectivity index (χ3n) is 2.94. The van der Waals surface area contributed by atoms with Gasteiger partial charge < -0.3 is 15.4 Å². The molecule has 19 heavy (non-hydrogen) atoms. The van der Waals surface area contributed by atoms with Crippen LogP contribution in [0, 0.1) is 5.92 Å². The molecule has 1 unspecified atom stereocenters. The normalized spacial score (nSPS) is 12.2. The van der Waals surface area contributed by atoms with Gasteiger partial charge in [-0.15, -0.1) is 0 Å². The first-order valence-electron chi connectivity index (χ1n) is 6.68. The first-order valence-corrected chi connectivity index (χ1v) is 6.68. The fourth-order valence-corrected chi connectivity index (χ4v) is 2.02. The molecule has 106 valence electrons. The summed E-state index contributed by atoms with van der Waals surface area (Å²) in [6, 6.07) is 9.98. The lowest BCUT2D eigenvalue weighted by Crippen LogP contribution is -2.36. The van der Waals surface area contributed by atoms with Gasteiger partial charge in [-0.2, -0.15) is 0 Å². The van der Waals surface area contributed by atoms with Crippen LogP contribution in [0.2, 0.25) is 0 Å². The van der Waals surface area contributed by atoms with Crippen molar-refractivity contribution in [3.63, 3.8) is 0 Å². The van der Waals surface area contributed by atoms with Crippen molar-refractivity contribution in [1.82, 2.24) is 4.90 Å². The summed E-state index contributed by atoms with van der Waals surface area (Å²) in [6.45, 7) is 4.32. The maximum absolute atomic E-state index is 12.2. The van der Waals surface area contributed by atoms with Crippen LogP contribution in [0.1, 0.15) is 18.9 Å². The lowest BCUT2D eigenvalue weighted by Gasteiger charge is -2.23. The van der Waals surface area contributed by atoms with E-state index in [1.807, 2.05) is 42.2 Å². The molecule has 4 nitrogen and oxygen atoms in total. The van der Waals surface area contributed by atoms with Gasteiger partial charge in [-0.25, -0.2) is 0 Å². The van der Waals surface area contributed by atoms with Gasteiger partial charge in [0.1, 0.15) is 0 Å². The molecular formula is C15H24N2O2. The number of benzene rings is 1. The zero-order valence-corrected chi connectivity index (χ0v) is 11.8. The topological polar surface area (TPSA) is 55.6 Å². The fourth-order valence-electron chi connectivity index (χ4n) is 2.02. The summed E-state index contributed by atoms with van der Waals surface area (Å²) in [7, 11) is 1.66. The van der Waals surface area contributed by atoms with Crippen molar-refractivity contribution in [2.24, 2.45) is 11.7 Å². The van der Waals surface area contributed by atoms with Gasteiger partial charge in [0.25, 0.3) is 0 Å². The third-order valence-corrected chi connectivity index (χ3v) is 2.94. The molecule has 1 aromatic carbocycles. The van der Waals surface area contributed by atoms with Crippen molar-refractivity contribution in [3.8, 4) is 0 Å². The molecule has 0 bridgehead atoms. The minimum atomic E-state index is 0.138. The average Bonchev–Trinajstić information content (AvgIpc) is 2.39. The molecule has 0 spiro atoms. The summed E-state index contributed by atoms with van der Waals surface area (Å²) >= 11 is 0. The Hall–Kier alpha value is -1.39. The van der Waals surface area contributed by atoms with E-state index >= 15 is 0 Å². The highest BCUT2D eigenvalue weighted by atomic mass is 16.5. The van der Waals surface area contributed by atoms with Gasteiger partial charge in [0.05, 0.1) is 0 Å². The van der Waals surface area contributed by atoms with Crippen LogP contribution in [-0.4, -0.2) is 37.6 Å². The summed E-state index contributed by atoms with van der Waals surface area (Å²) in [6.07, 6.45) is 0.501. The van der Waals surface area contributed by atoms with Crippen LogP contribution in [0.25, 0.3) is 0 Å². The molecule has 0 saturated heterocycles. The second-order valence-corrected chi connectivity index (χ2v) is 4.85. The van der Waals surface area contributed by atoms with E-state index in [0.717, 1.165) is 5.56 Å². The maximum Gasteiger partial charge on any atom is 0.223 e. The second kappa shape index (κ2) is 8.67. The molecule has 4 heteroatoms. The smallest absolute Gasteiger partial charge is 0.223 e. The molecule has 1 amide bonds. The van der Waals surface area contributed by atoms with Crippen molar-refractivity contribution >= 4 is 5.91 Å². The molecule has 0 saturated carbocycles. The molecule has 1 atom stereocenters. The molecule has 1 aromatic rings. The number of carbonyl (C=O) groups is 1. The van der Waals surface area contributed by atoms with Crippen molar-refractivity contribution in [1.29, 1.82) is 0 Å². The highest BCUT2D eigenvalue weighted by Crippen LogP contribution is 2.10. The van der Waals surface area contributed by atoms with E-state index in [0.29, 0.717) is 32.7 Å². The second-order valence-electron chi connectivity index (χ2n) is 4.85. The summed E-state index contributed by atoms with van der Waals surface area (Å²) in [5.74, 6) is 0.368. The van der Waals surface area contributed by atoms with Gasteiger partial charge >= 0.3 is 0 Å². The van der Waals surface area contributed by atoms with Crippen molar-refractivity contribution in [2.75, 3.05) is 26.8 Å². The monoisotopic (exact) mass is 264 g/mol. The standard InChI is InChI=1S/C15H24N2O2/c1-13(12-19-2)10-15(18)17(9-8-16)11-14-6-4-3-5-7-14/h3-7,13H,8-12,16H2,1-2H3. The predicted molar refractivity (Wildman–Crippen MR) is 76.6 cm³/mol. The number of hydrogen-bond donors (Lipinski definition) is 1. The number of amides is 1. The zero-order valence-electron chi connectivity index (χ0n) is 11.8. The Labute approximate surface area is 115 Å². The number of carbonyl (C=O) groups excluding carboxylic acids is 1. The van der Waals surface area contributed by atoms with Crippen molar-refractivity contribution < 1.29 is 9.53 Å². The van der Waals surface area contributed by atoms with Gasteiger partial charge in [0.15, 0.2) is 0 Å². The van der Waals surface area contributed by atoms with Crippen LogP contribution >= 0.6 is 0 Å². The van der Waals surface area contributed by atoms with Gasteiger partial charge in [-0.05, 0) is 11.5 Å². The maximum atomic E-state index is 12.2. The molecule has 1 rings (SSSR count). The summed E-state index contributed by atoms with van der Waals surface area (Å²) in [5.41, 5.74) is 6.72. The number of methoxy groups -OCH3 is 1. The quantitative estimate of drug-likeness (QED) is 0.776. The summed E-state index contributed by atoms with van der Waals surface area (Å²) in [4.78, 5) is 14.1. The van der Waals surface area contributed by atoms with Crippen LogP contribution in [0.15, 0.2) is 30.3 Å². The first kappa shape index (κ1) is 15.7. The Balaban J connectivity index is 2.58. The van der Waals surface area contributed by atoms with Gasteiger partial charge in [0.2, 0.25) is 5.91 Å². The number of hydrogen-bond acceptors (Lipinski definition) is 3. The molecule has 2 N–H and O–H groups in total. The lowest BCUT2D eigenvalue weighted by atomic mass is 10.1. The average molecular weight is 264 g/mol. The molecule has 0 aromatic heterocycles. The van der Waals surface area contributed by atoms with Crippen LogP contribution in [0.4, 0.5) is 0 Å². The molecule has 0 heterocycles. The molecule has 0 aliphatic carbocycles. The number of nitrogens with two attached hydrogens (primary N) is 1. The van der Waals surface area contributed by atoms with E-state index < -0.39 is 0 Å². The molecule has 0 fully saturated rings. The molecule has 0 radical (unpaired) electrons.